The summed E-state index contributed by atoms with van der Waals surface area (Å²) in [5.41, 5.74) is 2.65. The highest BCUT2D eigenvalue weighted by atomic mass is 16.5. The molecule has 1 atom stereocenters. The van der Waals surface area contributed by atoms with E-state index < -0.39 is 0 Å². The lowest BCUT2D eigenvalue weighted by atomic mass is 10.1. The highest BCUT2D eigenvalue weighted by molar-refractivity contribution is 5.97. The van der Waals surface area contributed by atoms with Crippen molar-refractivity contribution >= 4 is 17.6 Å². The second-order valence-electron chi connectivity index (χ2n) is 8.42. The molecule has 0 aliphatic carbocycles. The number of benzene rings is 2. The molecule has 166 valence electrons. The van der Waals surface area contributed by atoms with Crippen molar-refractivity contribution in [3.8, 4) is 22.7 Å². The first-order valence-electron chi connectivity index (χ1n) is 11.0. The van der Waals surface area contributed by atoms with Gasteiger partial charge in [0.1, 0.15) is 5.75 Å². The van der Waals surface area contributed by atoms with Crippen LogP contribution in [-0.2, 0) is 9.59 Å². The van der Waals surface area contributed by atoms with E-state index in [0.29, 0.717) is 24.9 Å². The predicted molar refractivity (Wildman–Crippen MR) is 124 cm³/mol. The van der Waals surface area contributed by atoms with Gasteiger partial charge in [0.05, 0.1) is 23.9 Å². The van der Waals surface area contributed by atoms with Gasteiger partial charge >= 0.3 is 0 Å². The third kappa shape index (κ3) is 5.17. The van der Waals surface area contributed by atoms with Gasteiger partial charge in [0, 0.05) is 24.6 Å². The third-order valence-corrected chi connectivity index (χ3v) is 5.40. The van der Waals surface area contributed by atoms with Gasteiger partial charge in [-0.25, -0.2) is 4.68 Å². The summed E-state index contributed by atoms with van der Waals surface area (Å²) in [6.45, 7) is 5.36. The first kappa shape index (κ1) is 21.6. The molecule has 1 aliphatic rings. The summed E-state index contributed by atoms with van der Waals surface area (Å²) in [4.78, 5) is 24.1. The molecule has 2 aromatic carbocycles. The first-order chi connectivity index (χ1) is 15.5. The number of nitrogens with one attached hydrogen (secondary N) is 2. The van der Waals surface area contributed by atoms with Crippen LogP contribution in [0, 0.1) is 11.8 Å². The summed E-state index contributed by atoms with van der Waals surface area (Å²) < 4.78 is 7.74. The highest BCUT2D eigenvalue weighted by Crippen LogP contribution is 2.29. The number of hydrogen-bond acceptors (Lipinski definition) is 4. The fourth-order valence-corrected chi connectivity index (χ4v) is 3.59. The molecule has 1 aliphatic heterocycles. The lowest BCUT2D eigenvalue weighted by Gasteiger charge is -2.11. The molecule has 7 nitrogen and oxygen atoms in total. The standard InChI is InChI=1S/C25H28N4O3/c1-17(2)11-12-32-21-10-6-7-18(13-21)22-15-23(27-25(31)19-14-24(30)26-16-19)28-29(22)20-8-4-3-5-9-20/h3-10,13,15,17,19H,11-12,14,16H2,1-2H3,(H,26,30)(H,27,28,31)/t19-/m0/s1. The fraction of sp³-hybridized carbons (Fsp3) is 0.320. The molecule has 7 heteroatoms. The molecular weight excluding hydrogens is 404 g/mol. The van der Waals surface area contributed by atoms with E-state index in [2.05, 4.69) is 29.6 Å². The second kappa shape index (κ2) is 9.68. The molecule has 2 amide bonds. The van der Waals surface area contributed by atoms with Crippen molar-refractivity contribution in [2.45, 2.75) is 26.7 Å². The van der Waals surface area contributed by atoms with E-state index in [-0.39, 0.29) is 24.2 Å². The molecular formula is C25H28N4O3. The van der Waals surface area contributed by atoms with Gasteiger partial charge in [0.25, 0.3) is 0 Å². The van der Waals surface area contributed by atoms with E-state index in [1.165, 1.54) is 0 Å². The monoisotopic (exact) mass is 432 g/mol. The van der Waals surface area contributed by atoms with Crippen LogP contribution in [0.2, 0.25) is 0 Å². The Morgan fingerprint density at radius 1 is 1.19 bits per heavy atom. The van der Waals surface area contributed by atoms with Crippen molar-refractivity contribution in [2.75, 3.05) is 18.5 Å². The van der Waals surface area contributed by atoms with E-state index in [4.69, 9.17) is 4.74 Å². The van der Waals surface area contributed by atoms with Crippen LogP contribution in [0.3, 0.4) is 0 Å². The topological polar surface area (TPSA) is 85.2 Å². The predicted octanol–water partition coefficient (Wildman–Crippen LogP) is 4.04. The Hall–Kier alpha value is -3.61. The van der Waals surface area contributed by atoms with Crippen LogP contribution in [0.15, 0.2) is 60.7 Å². The second-order valence-corrected chi connectivity index (χ2v) is 8.42. The maximum absolute atomic E-state index is 12.6. The van der Waals surface area contributed by atoms with Gasteiger partial charge in [-0.2, -0.15) is 0 Å². The molecule has 32 heavy (non-hydrogen) atoms. The normalized spacial score (nSPS) is 15.6. The van der Waals surface area contributed by atoms with Crippen molar-refractivity contribution in [1.29, 1.82) is 0 Å². The molecule has 0 spiro atoms. The summed E-state index contributed by atoms with van der Waals surface area (Å²) in [6.07, 6.45) is 1.19. The molecule has 1 saturated heterocycles. The molecule has 2 heterocycles. The SMILES string of the molecule is CC(C)CCOc1cccc(-c2cc(NC(=O)[C@@H]3CNC(=O)C3)nn2-c2ccccc2)c1. The highest BCUT2D eigenvalue weighted by Gasteiger charge is 2.28. The first-order valence-corrected chi connectivity index (χ1v) is 11.0. The van der Waals surface area contributed by atoms with Crippen LogP contribution in [0.25, 0.3) is 16.9 Å². The Balaban J connectivity index is 1.62. The maximum atomic E-state index is 12.6. The number of hydrogen-bond donors (Lipinski definition) is 2. The largest absolute Gasteiger partial charge is 0.494 e. The lowest BCUT2D eigenvalue weighted by Crippen LogP contribution is -2.24. The molecule has 0 saturated carbocycles. The number of aromatic nitrogens is 2. The minimum atomic E-state index is -0.384. The van der Waals surface area contributed by atoms with Gasteiger partial charge in [-0.3, -0.25) is 9.59 Å². The number of rotatable bonds is 8. The molecule has 3 aromatic rings. The van der Waals surface area contributed by atoms with E-state index >= 15 is 0 Å². The molecule has 4 rings (SSSR count). The zero-order chi connectivity index (χ0) is 22.5. The van der Waals surface area contributed by atoms with Crippen molar-refractivity contribution < 1.29 is 14.3 Å². The zero-order valence-electron chi connectivity index (χ0n) is 18.4. The van der Waals surface area contributed by atoms with Crippen LogP contribution in [-0.4, -0.2) is 34.7 Å². The number of anilines is 1. The smallest absolute Gasteiger partial charge is 0.230 e. The minimum absolute atomic E-state index is 0.102. The Labute approximate surface area is 187 Å². The average Bonchev–Trinajstić information content (AvgIpc) is 3.41. The van der Waals surface area contributed by atoms with Crippen molar-refractivity contribution in [1.82, 2.24) is 15.1 Å². The number of nitrogens with zero attached hydrogens (tertiary/aromatic N) is 2. The Bertz CT molecular complexity index is 1090. The van der Waals surface area contributed by atoms with E-state index in [1.807, 2.05) is 60.7 Å². The lowest BCUT2D eigenvalue weighted by molar-refractivity contribution is -0.123. The van der Waals surface area contributed by atoms with Gasteiger partial charge < -0.3 is 15.4 Å². The van der Waals surface area contributed by atoms with Gasteiger partial charge in [0.2, 0.25) is 11.8 Å². The molecule has 1 fully saturated rings. The van der Waals surface area contributed by atoms with Crippen LogP contribution < -0.4 is 15.4 Å². The molecule has 0 radical (unpaired) electrons. The fourth-order valence-electron chi connectivity index (χ4n) is 3.59. The Morgan fingerprint density at radius 3 is 2.72 bits per heavy atom. The Morgan fingerprint density at radius 2 is 2.00 bits per heavy atom. The third-order valence-electron chi connectivity index (χ3n) is 5.40. The minimum Gasteiger partial charge on any atom is -0.494 e. The maximum Gasteiger partial charge on any atom is 0.230 e. The van der Waals surface area contributed by atoms with Crippen molar-refractivity contribution in [2.24, 2.45) is 11.8 Å². The van der Waals surface area contributed by atoms with Crippen LogP contribution in [0.1, 0.15) is 26.7 Å². The van der Waals surface area contributed by atoms with Gasteiger partial charge in [-0.05, 0) is 36.6 Å². The molecule has 0 unspecified atom stereocenters. The number of ether oxygens (including phenoxy) is 1. The van der Waals surface area contributed by atoms with E-state index in [1.54, 1.807) is 4.68 Å². The Kier molecular flexibility index (Phi) is 6.54. The van der Waals surface area contributed by atoms with Crippen molar-refractivity contribution in [3.63, 3.8) is 0 Å². The number of carbonyl (C=O) groups excluding carboxylic acids is 2. The van der Waals surface area contributed by atoms with E-state index in [9.17, 15) is 9.59 Å². The van der Waals surface area contributed by atoms with Gasteiger partial charge in [0.15, 0.2) is 5.82 Å². The molecule has 1 aromatic heterocycles. The average molecular weight is 433 g/mol. The summed E-state index contributed by atoms with van der Waals surface area (Å²) in [5, 5.41) is 10.2. The van der Waals surface area contributed by atoms with Crippen LogP contribution >= 0.6 is 0 Å². The summed E-state index contributed by atoms with van der Waals surface area (Å²) >= 11 is 0. The van der Waals surface area contributed by atoms with Crippen LogP contribution in [0.5, 0.6) is 5.75 Å². The van der Waals surface area contributed by atoms with Crippen molar-refractivity contribution in [3.05, 3.63) is 60.7 Å². The number of para-hydroxylation sites is 1. The van der Waals surface area contributed by atoms with Crippen LogP contribution in [0.4, 0.5) is 5.82 Å². The van der Waals surface area contributed by atoms with Gasteiger partial charge in [-0.1, -0.05) is 44.2 Å². The number of amides is 2. The van der Waals surface area contributed by atoms with Gasteiger partial charge in [-0.15, -0.1) is 5.10 Å². The number of carbonyl (C=O) groups is 2. The summed E-state index contributed by atoms with van der Waals surface area (Å²) in [7, 11) is 0. The summed E-state index contributed by atoms with van der Waals surface area (Å²) in [5.74, 6) is 1.12. The summed E-state index contributed by atoms with van der Waals surface area (Å²) in [6, 6.07) is 19.5. The zero-order valence-corrected chi connectivity index (χ0v) is 18.4. The van der Waals surface area contributed by atoms with E-state index in [0.717, 1.165) is 29.1 Å². The molecule has 0 bridgehead atoms. The molecule has 2 N–H and O–H groups in total. The quantitative estimate of drug-likeness (QED) is 0.563.